The summed E-state index contributed by atoms with van der Waals surface area (Å²) in [6.45, 7) is 11.4. The number of allylic oxidation sites excluding steroid dienone is 3. The number of aliphatic hydroxyl groups is 4. The zero-order valence-electron chi connectivity index (χ0n) is 22.1. The highest BCUT2D eigenvalue weighted by molar-refractivity contribution is 5.70. The van der Waals surface area contributed by atoms with E-state index in [0.717, 1.165) is 18.4 Å². The predicted octanol–water partition coefficient (Wildman–Crippen LogP) is 3.45. The summed E-state index contributed by atoms with van der Waals surface area (Å²) >= 11 is 0. The monoisotopic (exact) mass is 494 g/mol. The second kappa shape index (κ2) is 13.2. The third-order valence-corrected chi connectivity index (χ3v) is 7.37. The maximum Gasteiger partial charge on any atom is 0.309 e. The van der Waals surface area contributed by atoms with Crippen LogP contribution in [0.25, 0.3) is 0 Å². The highest BCUT2D eigenvalue weighted by atomic mass is 16.6. The number of carbonyl (C=O) groups excluding carboxylic acids is 1. The van der Waals surface area contributed by atoms with Gasteiger partial charge in [0.2, 0.25) is 0 Å². The molecule has 7 nitrogen and oxygen atoms in total. The van der Waals surface area contributed by atoms with Gasteiger partial charge in [0.15, 0.2) is 0 Å². The summed E-state index contributed by atoms with van der Waals surface area (Å²) in [6, 6.07) is 0. The van der Waals surface area contributed by atoms with E-state index in [0.29, 0.717) is 0 Å². The summed E-state index contributed by atoms with van der Waals surface area (Å²) in [5, 5.41) is 41.1. The molecule has 2 aliphatic rings. The molecule has 0 aromatic heterocycles. The van der Waals surface area contributed by atoms with Crippen molar-refractivity contribution in [3.63, 3.8) is 0 Å². The Hall–Kier alpha value is -1.51. The molecule has 0 aromatic carbocycles. The highest BCUT2D eigenvalue weighted by Crippen LogP contribution is 2.36. The zero-order chi connectivity index (χ0) is 26.3. The minimum atomic E-state index is -1.39. The molecule has 4 N–H and O–H groups in total. The molecule has 200 valence electrons. The lowest BCUT2D eigenvalue weighted by Crippen LogP contribution is -2.39. The predicted molar refractivity (Wildman–Crippen MR) is 135 cm³/mol. The number of rotatable bonds is 8. The zero-order valence-corrected chi connectivity index (χ0v) is 22.1. The van der Waals surface area contributed by atoms with Crippen molar-refractivity contribution in [3.8, 4) is 0 Å². The van der Waals surface area contributed by atoms with Gasteiger partial charge in [-0.15, -0.1) is 0 Å². The van der Waals surface area contributed by atoms with E-state index in [-0.39, 0.29) is 55.3 Å². The second-order valence-electron chi connectivity index (χ2n) is 10.8. The molecule has 0 aromatic rings. The number of epoxide rings is 1. The average molecular weight is 495 g/mol. The van der Waals surface area contributed by atoms with E-state index in [1.165, 1.54) is 13.0 Å². The van der Waals surface area contributed by atoms with Crippen molar-refractivity contribution in [3.05, 3.63) is 36.0 Å². The smallest absolute Gasteiger partial charge is 0.309 e. The minimum absolute atomic E-state index is 0.118. The molecule has 2 aliphatic heterocycles. The average Bonchev–Trinajstić information content (AvgIpc) is 3.56. The topological polar surface area (TPSA) is 120 Å². The summed E-state index contributed by atoms with van der Waals surface area (Å²) in [7, 11) is 0. The van der Waals surface area contributed by atoms with Gasteiger partial charge in [0.25, 0.3) is 0 Å². The number of ether oxygens (including phenoxy) is 2. The normalized spacial score (nSPS) is 37.8. The van der Waals surface area contributed by atoms with Crippen molar-refractivity contribution in [2.24, 2.45) is 17.8 Å². The van der Waals surface area contributed by atoms with Crippen LogP contribution < -0.4 is 0 Å². The third kappa shape index (κ3) is 9.14. The van der Waals surface area contributed by atoms with Crippen LogP contribution in [0, 0.1) is 17.8 Å². The summed E-state index contributed by atoms with van der Waals surface area (Å²) in [5.41, 5.74) is -0.553. The first-order chi connectivity index (χ1) is 16.4. The van der Waals surface area contributed by atoms with Crippen molar-refractivity contribution >= 4 is 5.97 Å². The molecule has 0 spiro atoms. The van der Waals surface area contributed by atoms with Crippen LogP contribution in [0.1, 0.15) is 73.6 Å². The van der Waals surface area contributed by atoms with E-state index in [4.69, 9.17) is 9.47 Å². The van der Waals surface area contributed by atoms with E-state index < -0.39 is 29.9 Å². The van der Waals surface area contributed by atoms with Gasteiger partial charge >= 0.3 is 5.97 Å². The SMILES string of the molecule is CCC(O)C(C)C1OC1CC(C)/C=C/C=C(\C)C1OC(=O)CC(O)CCC(C)(O)C(O)C=CC1C. The summed E-state index contributed by atoms with van der Waals surface area (Å²) < 4.78 is 11.5. The van der Waals surface area contributed by atoms with Crippen LogP contribution in [0.5, 0.6) is 0 Å². The number of hydrogen-bond acceptors (Lipinski definition) is 7. The Morgan fingerprint density at radius 3 is 2.63 bits per heavy atom. The molecule has 10 atom stereocenters. The third-order valence-electron chi connectivity index (χ3n) is 7.37. The van der Waals surface area contributed by atoms with Crippen LogP contribution in [-0.4, -0.2) is 68.6 Å². The lowest BCUT2D eigenvalue weighted by molar-refractivity contribution is -0.151. The molecule has 10 unspecified atom stereocenters. The van der Waals surface area contributed by atoms with Crippen molar-refractivity contribution in [1.82, 2.24) is 0 Å². The molecule has 0 radical (unpaired) electrons. The second-order valence-corrected chi connectivity index (χ2v) is 10.8. The van der Waals surface area contributed by atoms with E-state index >= 15 is 0 Å². The van der Waals surface area contributed by atoms with Gasteiger partial charge < -0.3 is 29.9 Å². The van der Waals surface area contributed by atoms with Crippen LogP contribution in [0.15, 0.2) is 36.0 Å². The Morgan fingerprint density at radius 1 is 1.29 bits per heavy atom. The van der Waals surface area contributed by atoms with Crippen molar-refractivity contribution in [2.45, 2.75) is 116 Å². The standard InChI is InChI=1S/C28H46O7/c1-7-22(30)20(5)27-23(34-27)15-17(2)9-8-10-18(3)26-19(4)11-12-24(31)28(6,33)14-13-21(29)16-25(32)35-26/h8-12,17,19-24,26-27,29-31,33H,7,13-16H2,1-6H3/b9-8+,12-11?,18-10+. The molecule has 1 fully saturated rings. The van der Waals surface area contributed by atoms with Crippen LogP contribution in [0.3, 0.4) is 0 Å². The number of cyclic esters (lactones) is 1. The van der Waals surface area contributed by atoms with E-state index in [1.54, 1.807) is 6.08 Å². The molecule has 0 amide bonds. The summed E-state index contributed by atoms with van der Waals surface area (Å²) in [5.74, 6) is -0.317. The van der Waals surface area contributed by atoms with Crippen LogP contribution >= 0.6 is 0 Å². The van der Waals surface area contributed by atoms with Crippen molar-refractivity contribution in [2.75, 3.05) is 0 Å². The minimum Gasteiger partial charge on any atom is -0.457 e. The maximum atomic E-state index is 12.5. The Morgan fingerprint density at radius 2 is 1.97 bits per heavy atom. The Balaban J connectivity index is 2.04. The number of aliphatic hydroxyl groups excluding tert-OH is 3. The van der Waals surface area contributed by atoms with Crippen molar-refractivity contribution in [1.29, 1.82) is 0 Å². The summed E-state index contributed by atoms with van der Waals surface area (Å²) in [4.78, 5) is 12.5. The molecule has 0 saturated carbocycles. The van der Waals surface area contributed by atoms with Gasteiger partial charge in [-0.3, -0.25) is 4.79 Å². The molecule has 0 aliphatic carbocycles. The highest BCUT2D eigenvalue weighted by Gasteiger charge is 2.44. The number of esters is 1. The van der Waals surface area contributed by atoms with Gasteiger partial charge in [0.05, 0.1) is 36.4 Å². The molecule has 7 heteroatoms. The van der Waals surface area contributed by atoms with Crippen LogP contribution in [0.4, 0.5) is 0 Å². The molecule has 0 bridgehead atoms. The summed E-state index contributed by atoms with van der Waals surface area (Å²) in [6.07, 6.45) is 8.41. The van der Waals surface area contributed by atoms with Gasteiger partial charge in [0.1, 0.15) is 12.2 Å². The molecule has 2 heterocycles. The number of hydrogen-bond donors (Lipinski definition) is 4. The largest absolute Gasteiger partial charge is 0.457 e. The molecule has 1 saturated heterocycles. The number of carbonyl (C=O) groups is 1. The molecule has 35 heavy (non-hydrogen) atoms. The van der Waals surface area contributed by atoms with Gasteiger partial charge in [-0.2, -0.15) is 0 Å². The first-order valence-corrected chi connectivity index (χ1v) is 13.0. The van der Waals surface area contributed by atoms with Gasteiger partial charge in [0, 0.05) is 11.8 Å². The fourth-order valence-corrected chi connectivity index (χ4v) is 4.63. The maximum absolute atomic E-state index is 12.5. The van der Waals surface area contributed by atoms with E-state index in [2.05, 4.69) is 13.0 Å². The van der Waals surface area contributed by atoms with Crippen LogP contribution in [0.2, 0.25) is 0 Å². The Bertz CT molecular complexity index is 771. The van der Waals surface area contributed by atoms with Crippen LogP contribution in [-0.2, 0) is 14.3 Å². The molecular weight excluding hydrogens is 448 g/mol. The Labute approximate surface area is 210 Å². The van der Waals surface area contributed by atoms with Crippen molar-refractivity contribution < 1.29 is 34.7 Å². The lowest BCUT2D eigenvalue weighted by Gasteiger charge is -2.30. The van der Waals surface area contributed by atoms with Gasteiger partial charge in [-0.25, -0.2) is 0 Å². The quantitative estimate of drug-likeness (QED) is 0.177. The fraction of sp³-hybridized carbons (Fsp3) is 0.750. The van der Waals surface area contributed by atoms with Gasteiger partial charge in [-0.1, -0.05) is 58.1 Å². The first kappa shape index (κ1) is 29.7. The van der Waals surface area contributed by atoms with Gasteiger partial charge in [-0.05, 0) is 51.0 Å². The Kier molecular flexibility index (Phi) is 11.2. The van der Waals surface area contributed by atoms with E-state index in [9.17, 15) is 25.2 Å². The fourth-order valence-electron chi connectivity index (χ4n) is 4.63. The van der Waals surface area contributed by atoms with E-state index in [1.807, 2.05) is 39.8 Å². The molecule has 2 rings (SSSR count). The lowest BCUT2D eigenvalue weighted by atomic mass is 9.89. The molecular formula is C28H46O7. The first-order valence-electron chi connectivity index (χ1n) is 13.0.